The lowest BCUT2D eigenvalue weighted by Crippen LogP contribution is -2.24. The summed E-state index contributed by atoms with van der Waals surface area (Å²) in [6.45, 7) is 3.95. The van der Waals surface area contributed by atoms with Gasteiger partial charge in [0.05, 0.1) is 18.9 Å². The van der Waals surface area contributed by atoms with E-state index < -0.39 is 0 Å². The molecular formula is C18H21NO. The zero-order valence-corrected chi connectivity index (χ0v) is 11.9. The second-order valence-corrected chi connectivity index (χ2v) is 5.26. The minimum absolute atomic E-state index is 0.268. The molecule has 0 saturated carbocycles. The van der Waals surface area contributed by atoms with E-state index in [4.69, 9.17) is 4.74 Å². The van der Waals surface area contributed by atoms with Gasteiger partial charge in [-0.15, -0.1) is 0 Å². The van der Waals surface area contributed by atoms with Crippen LogP contribution in [-0.4, -0.2) is 13.2 Å². The molecule has 2 aromatic rings. The van der Waals surface area contributed by atoms with Gasteiger partial charge in [0, 0.05) is 0 Å². The molecule has 20 heavy (non-hydrogen) atoms. The smallest absolute Gasteiger partial charge is 0.0876 e. The molecular weight excluding hydrogens is 246 g/mol. The molecule has 3 rings (SSSR count). The van der Waals surface area contributed by atoms with Crippen LogP contribution in [0.25, 0.3) is 10.8 Å². The highest BCUT2D eigenvalue weighted by atomic mass is 16.5. The van der Waals surface area contributed by atoms with Crippen molar-refractivity contribution in [3.05, 3.63) is 59.9 Å². The van der Waals surface area contributed by atoms with E-state index in [9.17, 15) is 0 Å². The van der Waals surface area contributed by atoms with Crippen molar-refractivity contribution < 1.29 is 4.74 Å². The van der Waals surface area contributed by atoms with E-state index in [-0.39, 0.29) is 6.04 Å². The SMILES string of the molecule is CCNC(C1=COCCC1)c1ccc2ccccc2c1. The van der Waals surface area contributed by atoms with E-state index in [1.54, 1.807) is 0 Å². The average molecular weight is 267 g/mol. The zero-order chi connectivity index (χ0) is 13.8. The highest BCUT2D eigenvalue weighted by molar-refractivity contribution is 5.83. The van der Waals surface area contributed by atoms with E-state index in [1.807, 2.05) is 6.26 Å². The monoisotopic (exact) mass is 267 g/mol. The van der Waals surface area contributed by atoms with Gasteiger partial charge in [0.25, 0.3) is 0 Å². The molecule has 2 heteroatoms. The van der Waals surface area contributed by atoms with Crippen LogP contribution < -0.4 is 5.32 Å². The Morgan fingerprint density at radius 1 is 1.15 bits per heavy atom. The molecule has 0 spiro atoms. The summed E-state index contributed by atoms with van der Waals surface area (Å²) in [5.74, 6) is 0. The van der Waals surface area contributed by atoms with Gasteiger partial charge in [-0.25, -0.2) is 0 Å². The normalized spacial score (nSPS) is 16.6. The van der Waals surface area contributed by atoms with Crippen molar-refractivity contribution in [2.75, 3.05) is 13.2 Å². The van der Waals surface area contributed by atoms with Crippen molar-refractivity contribution >= 4 is 10.8 Å². The van der Waals surface area contributed by atoms with Crippen LogP contribution in [0.2, 0.25) is 0 Å². The number of hydrogen-bond acceptors (Lipinski definition) is 2. The molecule has 104 valence electrons. The van der Waals surface area contributed by atoms with Crippen LogP contribution in [0.4, 0.5) is 0 Å². The molecule has 0 bridgehead atoms. The lowest BCUT2D eigenvalue weighted by Gasteiger charge is -2.24. The van der Waals surface area contributed by atoms with Crippen molar-refractivity contribution in [1.29, 1.82) is 0 Å². The Morgan fingerprint density at radius 3 is 2.75 bits per heavy atom. The fourth-order valence-corrected chi connectivity index (χ4v) is 2.85. The Kier molecular flexibility index (Phi) is 4.03. The fraction of sp³-hybridized carbons (Fsp3) is 0.333. The maximum absolute atomic E-state index is 5.52. The molecule has 0 radical (unpaired) electrons. The standard InChI is InChI=1S/C18H21NO/c1-2-19-18(17-8-5-11-20-13-17)16-10-9-14-6-3-4-7-15(14)12-16/h3-4,6-7,9-10,12-13,18-19H,2,5,8,11H2,1H3. The van der Waals surface area contributed by atoms with Gasteiger partial charge in [0.2, 0.25) is 0 Å². The Bertz CT molecular complexity index is 618. The van der Waals surface area contributed by atoms with Crippen LogP contribution in [0.5, 0.6) is 0 Å². The summed E-state index contributed by atoms with van der Waals surface area (Å²) in [5, 5.41) is 6.17. The molecule has 1 heterocycles. The lowest BCUT2D eigenvalue weighted by atomic mass is 9.93. The highest BCUT2D eigenvalue weighted by Gasteiger charge is 2.18. The minimum atomic E-state index is 0.268. The van der Waals surface area contributed by atoms with Gasteiger partial charge in [-0.1, -0.05) is 43.3 Å². The molecule has 0 amide bonds. The lowest BCUT2D eigenvalue weighted by molar-refractivity contribution is 0.219. The number of ether oxygens (including phenoxy) is 1. The summed E-state index contributed by atoms with van der Waals surface area (Å²) < 4.78 is 5.52. The second-order valence-electron chi connectivity index (χ2n) is 5.26. The van der Waals surface area contributed by atoms with Gasteiger partial charge < -0.3 is 10.1 Å². The second kappa shape index (κ2) is 6.10. The van der Waals surface area contributed by atoms with Crippen molar-refractivity contribution in [2.24, 2.45) is 0 Å². The number of rotatable bonds is 4. The van der Waals surface area contributed by atoms with E-state index in [0.29, 0.717) is 0 Å². The summed E-state index contributed by atoms with van der Waals surface area (Å²) in [6.07, 6.45) is 4.18. The van der Waals surface area contributed by atoms with Crippen LogP contribution in [0.15, 0.2) is 54.3 Å². The Morgan fingerprint density at radius 2 is 2.00 bits per heavy atom. The Labute approximate surface area is 120 Å². The maximum atomic E-state index is 5.52. The first-order valence-corrected chi connectivity index (χ1v) is 7.41. The van der Waals surface area contributed by atoms with E-state index in [1.165, 1.54) is 21.9 Å². The molecule has 1 aliphatic rings. The van der Waals surface area contributed by atoms with E-state index in [2.05, 4.69) is 54.7 Å². The molecule has 0 aromatic heterocycles. The van der Waals surface area contributed by atoms with Crippen LogP contribution in [-0.2, 0) is 4.74 Å². The number of benzene rings is 2. The summed E-state index contributed by atoms with van der Waals surface area (Å²) in [4.78, 5) is 0. The van der Waals surface area contributed by atoms with Gasteiger partial charge in [-0.3, -0.25) is 0 Å². The maximum Gasteiger partial charge on any atom is 0.0876 e. The third-order valence-electron chi connectivity index (χ3n) is 3.85. The van der Waals surface area contributed by atoms with Gasteiger partial charge in [-0.05, 0) is 47.4 Å². The van der Waals surface area contributed by atoms with Crippen LogP contribution in [0.3, 0.4) is 0 Å². The molecule has 0 aliphatic carbocycles. The first-order chi connectivity index (χ1) is 9.88. The molecule has 0 fully saturated rings. The summed E-state index contributed by atoms with van der Waals surface area (Å²) >= 11 is 0. The van der Waals surface area contributed by atoms with E-state index >= 15 is 0 Å². The number of fused-ring (bicyclic) bond motifs is 1. The van der Waals surface area contributed by atoms with Gasteiger partial charge in [0.15, 0.2) is 0 Å². The van der Waals surface area contributed by atoms with Crippen LogP contribution >= 0.6 is 0 Å². The number of hydrogen-bond donors (Lipinski definition) is 1. The quantitative estimate of drug-likeness (QED) is 0.897. The van der Waals surface area contributed by atoms with Crippen molar-refractivity contribution in [2.45, 2.75) is 25.8 Å². The molecule has 0 saturated heterocycles. The largest absolute Gasteiger partial charge is 0.501 e. The van der Waals surface area contributed by atoms with Crippen LogP contribution in [0.1, 0.15) is 31.4 Å². The first-order valence-electron chi connectivity index (χ1n) is 7.41. The molecule has 1 aliphatic heterocycles. The Hall–Kier alpha value is -1.80. The van der Waals surface area contributed by atoms with E-state index in [0.717, 1.165) is 26.0 Å². The number of likely N-dealkylation sites (N-methyl/N-ethyl adjacent to an activating group) is 1. The van der Waals surface area contributed by atoms with Crippen LogP contribution in [0, 0.1) is 0 Å². The number of nitrogens with one attached hydrogen (secondary N) is 1. The molecule has 1 N–H and O–H groups in total. The molecule has 1 atom stereocenters. The molecule has 2 nitrogen and oxygen atoms in total. The minimum Gasteiger partial charge on any atom is -0.501 e. The van der Waals surface area contributed by atoms with Crippen molar-refractivity contribution in [3.8, 4) is 0 Å². The average Bonchev–Trinajstić information content (AvgIpc) is 2.53. The highest BCUT2D eigenvalue weighted by Crippen LogP contribution is 2.29. The van der Waals surface area contributed by atoms with Crippen molar-refractivity contribution in [3.63, 3.8) is 0 Å². The third kappa shape index (κ3) is 2.70. The summed E-state index contributed by atoms with van der Waals surface area (Å²) in [5.41, 5.74) is 2.68. The topological polar surface area (TPSA) is 21.3 Å². The summed E-state index contributed by atoms with van der Waals surface area (Å²) in [7, 11) is 0. The molecule has 2 aromatic carbocycles. The Balaban J connectivity index is 1.97. The zero-order valence-electron chi connectivity index (χ0n) is 11.9. The predicted octanol–water partition coefficient (Wildman–Crippen LogP) is 4.18. The fourth-order valence-electron chi connectivity index (χ4n) is 2.85. The first kappa shape index (κ1) is 13.2. The predicted molar refractivity (Wildman–Crippen MR) is 83.6 cm³/mol. The van der Waals surface area contributed by atoms with Gasteiger partial charge >= 0.3 is 0 Å². The summed E-state index contributed by atoms with van der Waals surface area (Å²) in [6, 6.07) is 15.5. The third-order valence-corrected chi connectivity index (χ3v) is 3.85. The van der Waals surface area contributed by atoms with Gasteiger partial charge in [-0.2, -0.15) is 0 Å². The van der Waals surface area contributed by atoms with Gasteiger partial charge in [0.1, 0.15) is 0 Å². The molecule has 1 unspecified atom stereocenters. The van der Waals surface area contributed by atoms with Crippen molar-refractivity contribution in [1.82, 2.24) is 5.32 Å².